The maximum atomic E-state index is 10.1. The van der Waals surface area contributed by atoms with Crippen LogP contribution in [0.4, 0.5) is 0 Å². The maximum absolute atomic E-state index is 10.1. The van der Waals surface area contributed by atoms with E-state index in [1.165, 1.54) is 11.8 Å². The van der Waals surface area contributed by atoms with E-state index >= 15 is 0 Å². The number of phenolic OH excluding ortho intramolecular Hbond substituents is 1. The van der Waals surface area contributed by atoms with Crippen LogP contribution < -0.4 is 0 Å². The number of aryl methyl sites for hydroxylation is 1. The Bertz CT molecular complexity index is 783. The molecule has 5 heteroatoms. The van der Waals surface area contributed by atoms with Gasteiger partial charge in [-0.2, -0.15) is 0 Å². The summed E-state index contributed by atoms with van der Waals surface area (Å²) in [6.45, 7) is 2.05. The van der Waals surface area contributed by atoms with Crippen molar-refractivity contribution in [2.75, 3.05) is 6.26 Å². The van der Waals surface area contributed by atoms with Crippen LogP contribution in [0.2, 0.25) is 0 Å². The van der Waals surface area contributed by atoms with Gasteiger partial charge in [-0.1, -0.05) is 42.1 Å². The zero-order valence-corrected chi connectivity index (χ0v) is 12.6. The van der Waals surface area contributed by atoms with E-state index < -0.39 is 0 Å². The third kappa shape index (κ3) is 2.40. The lowest BCUT2D eigenvalue weighted by atomic mass is 10.1. The summed E-state index contributed by atoms with van der Waals surface area (Å²) in [6.07, 6.45) is 1.97. The van der Waals surface area contributed by atoms with Crippen molar-refractivity contribution in [2.24, 2.45) is 0 Å². The monoisotopic (exact) mass is 297 g/mol. The van der Waals surface area contributed by atoms with Gasteiger partial charge in [0.05, 0.1) is 11.3 Å². The first kappa shape index (κ1) is 13.7. The first-order valence-corrected chi connectivity index (χ1v) is 7.78. The van der Waals surface area contributed by atoms with Crippen LogP contribution in [-0.4, -0.2) is 26.1 Å². The summed E-state index contributed by atoms with van der Waals surface area (Å²) in [5, 5.41) is 19.4. The third-order valence-electron chi connectivity index (χ3n) is 3.32. The second kappa shape index (κ2) is 5.61. The topological polar surface area (TPSA) is 50.9 Å². The Kier molecular flexibility index (Phi) is 3.66. The molecule has 3 aromatic rings. The maximum Gasteiger partial charge on any atom is 0.195 e. The predicted octanol–water partition coefficient (Wildman–Crippen LogP) is 3.67. The number of benzene rings is 2. The molecule has 0 unspecified atom stereocenters. The van der Waals surface area contributed by atoms with E-state index in [1.54, 1.807) is 12.1 Å². The van der Waals surface area contributed by atoms with Crippen LogP contribution in [0, 0.1) is 6.92 Å². The molecule has 0 fully saturated rings. The Labute approximate surface area is 127 Å². The smallest absolute Gasteiger partial charge is 0.195 e. The SMILES string of the molecule is CSc1nnc(-c2ccccc2O)n1-c1ccccc1C. The number of aromatic nitrogens is 3. The van der Waals surface area contributed by atoms with E-state index in [0.717, 1.165) is 16.4 Å². The van der Waals surface area contributed by atoms with Gasteiger partial charge in [0.25, 0.3) is 0 Å². The second-order valence-corrected chi connectivity index (χ2v) is 5.42. The van der Waals surface area contributed by atoms with Crippen LogP contribution in [0.5, 0.6) is 5.75 Å². The van der Waals surface area contributed by atoms with Gasteiger partial charge in [-0.05, 0) is 36.9 Å². The molecule has 0 bridgehead atoms. The van der Waals surface area contributed by atoms with Crippen molar-refractivity contribution in [1.29, 1.82) is 0 Å². The van der Waals surface area contributed by atoms with Crippen LogP contribution in [0.3, 0.4) is 0 Å². The summed E-state index contributed by atoms with van der Waals surface area (Å²) in [4.78, 5) is 0. The summed E-state index contributed by atoms with van der Waals surface area (Å²) in [5.41, 5.74) is 2.82. The van der Waals surface area contributed by atoms with Crippen molar-refractivity contribution in [3.63, 3.8) is 0 Å². The molecule has 0 radical (unpaired) electrons. The number of phenols is 1. The molecule has 0 saturated heterocycles. The highest BCUT2D eigenvalue weighted by atomic mass is 32.2. The van der Waals surface area contributed by atoms with Gasteiger partial charge in [0.2, 0.25) is 0 Å². The molecule has 1 heterocycles. The highest BCUT2D eigenvalue weighted by Crippen LogP contribution is 2.32. The van der Waals surface area contributed by atoms with Crippen LogP contribution in [-0.2, 0) is 0 Å². The second-order valence-electron chi connectivity index (χ2n) is 4.65. The van der Waals surface area contributed by atoms with Crippen molar-refractivity contribution in [3.05, 3.63) is 54.1 Å². The summed E-state index contributed by atoms with van der Waals surface area (Å²) in [7, 11) is 0. The Balaban J connectivity index is 2.28. The molecule has 3 rings (SSSR count). The van der Waals surface area contributed by atoms with Gasteiger partial charge in [0.15, 0.2) is 11.0 Å². The predicted molar refractivity (Wildman–Crippen MR) is 85.0 cm³/mol. The van der Waals surface area contributed by atoms with Crippen molar-refractivity contribution >= 4 is 11.8 Å². The summed E-state index contributed by atoms with van der Waals surface area (Å²) in [5.74, 6) is 0.846. The number of thioether (sulfide) groups is 1. The average molecular weight is 297 g/mol. The highest BCUT2D eigenvalue weighted by Gasteiger charge is 2.18. The molecule has 0 spiro atoms. The van der Waals surface area contributed by atoms with Crippen molar-refractivity contribution < 1.29 is 5.11 Å². The molecule has 0 aliphatic heterocycles. The zero-order chi connectivity index (χ0) is 14.8. The van der Waals surface area contributed by atoms with Gasteiger partial charge >= 0.3 is 0 Å². The molecular formula is C16H15N3OS. The molecule has 1 aromatic heterocycles. The first-order valence-electron chi connectivity index (χ1n) is 6.56. The van der Waals surface area contributed by atoms with Gasteiger partial charge in [0, 0.05) is 0 Å². The lowest BCUT2D eigenvalue weighted by Crippen LogP contribution is -2.01. The largest absolute Gasteiger partial charge is 0.507 e. The van der Waals surface area contributed by atoms with Crippen molar-refractivity contribution in [2.45, 2.75) is 12.1 Å². The third-order valence-corrected chi connectivity index (χ3v) is 3.95. The van der Waals surface area contributed by atoms with Crippen LogP contribution in [0.25, 0.3) is 17.1 Å². The molecule has 106 valence electrons. The van der Waals surface area contributed by atoms with Crippen molar-refractivity contribution in [1.82, 2.24) is 14.8 Å². The van der Waals surface area contributed by atoms with Crippen molar-refractivity contribution in [3.8, 4) is 22.8 Å². The molecule has 0 aliphatic rings. The fourth-order valence-electron chi connectivity index (χ4n) is 2.27. The molecule has 1 N–H and O–H groups in total. The lowest BCUT2D eigenvalue weighted by molar-refractivity contribution is 0.476. The van der Waals surface area contributed by atoms with Gasteiger partial charge in [-0.15, -0.1) is 10.2 Å². The van der Waals surface area contributed by atoms with Gasteiger partial charge in [-0.3, -0.25) is 4.57 Å². The summed E-state index contributed by atoms with van der Waals surface area (Å²) in [6, 6.07) is 15.2. The molecule has 0 amide bonds. The molecule has 0 aliphatic carbocycles. The highest BCUT2D eigenvalue weighted by molar-refractivity contribution is 7.98. The molecule has 21 heavy (non-hydrogen) atoms. The fraction of sp³-hybridized carbons (Fsp3) is 0.125. The number of hydrogen-bond acceptors (Lipinski definition) is 4. The molecule has 2 aromatic carbocycles. The number of nitrogens with zero attached hydrogens (tertiary/aromatic N) is 3. The number of hydrogen-bond donors (Lipinski definition) is 1. The van der Waals surface area contributed by atoms with Gasteiger partial charge < -0.3 is 5.11 Å². The van der Waals surface area contributed by atoms with E-state index in [9.17, 15) is 5.11 Å². The van der Waals surface area contributed by atoms with Crippen LogP contribution in [0.15, 0.2) is 53.7 Å². The number of para-hydroxylation sites is 2. The minimum Gasteiger partial charge on any atom is -0.507 e. The lowest BCUT2D eigenvalue weighted by Gasteiger charge is -2.12. The Morgan fingerprint density at radius 3 is 2.43 bits per heavy atom. The summed E-state index contributed by atoms with van der Waals surface area (Å²) >= 11 is 1.53. The van der Waals surface area contributed by atoms with E-state index in [-0.39, 0.29) is 5.75 Å². The number of rotatable bonds is 3. The Morgan fingerprint density at radius 1 is 1.00 bits per heavy atom. The average Bonchev–Trinajstić information content (AvgIpc) is 2.92. The fourth-order valence-corrected chi connectivity index (χ4v) is 2.76. The first-order chi connectivity index (χ1) is 10.2. The minimum atomic E-state index is 0.201. The van der Waals surface area contributed by atoms with Crippen LogP contribution in [0.1, 0.15) is 5.56 Å². The Hall–Kier alpha value is -2.27. The zero-order valence-electron chi connectivity index (χ0n) is 11.8. The van der Waals surface area contributed by atoms with E-state index in [4.69, 9.17) is 0 Å². The molecule has 0 atom stereocenters. The quantitative estimate of drug-likeness (QED) is 0.749. The van der Waals surface area contributed by atoms with E-state index in [1.807, 2.05) is 54.1 Å². The van der Waals surface area contributed by atoms with E-state index in [0.29, 0.717) is 11.4 Å². The molecule has 0 saturated carbocycles. The Morgan fingerprint density at radius 2 is 1.71 bits per heavy atom. The standard InChI is InChI=1S/C16H15N3OS/c1-11-7-3-5-9-13(11)19-15(17-18-16(19)21-2)12-8-4-6-10-14(12)20/h3-10,20H,1-2H3. The van der Waals surface area contributed by atoms with E-state index in [2.05, 4.69) is 10.2 Å². The van der Waals surface area contributed by atoms with Gasteiger partial charge in [-0.25, -0.2) is 0 Å². The van der Waals surface area contributed by atoms with Crippen LogP contribution >= 0.6 is 11.8 Å². The number of aromatic hydroxyl groups is 1. The summed E-state index contributed by atoms with van der Waals surface area (Å²) < 4.78 is 1.98. The normalized spacial score (nSPS) is 10.8. The minimum absolute atomic E-state index is 0.201. The molecular weight excluding hydrogens is 282 g/mol. The van der Waals surface area contributed by atoms with Gasteiger partial charge in [0.1, 0.15) is 5.75 Å². The molecule has 4 nitrogen and oxygen atoms in total.